The number of hydrogen-bond donors (Lipinski definition) is 1. The third-order valence-corrected chi connectivity index (χ3v) is 2.14. The van der Waals surface area contributed by atoms with Crippen molar-refractivity contribution < 1.29 is 4.79 Å². The number of nitrogens with one attached hydrogen (secondary N) is 1. The molecule has 1 aromatic heterocycles. The highest BCUT2D eigenvalue weighted by molar-refractivity contribution is 7.80. The lowest BCUT2D eigenvalue weighted by Gasteiger charge is -2.05. The molecule has 0 aliphatic carbocycles. The standard InChI is InChI=1S/C10H12N2OS/c1-2-9(13)7-12-10(14)8-4-3-5-11-6-8/h3-6H,2,7H2,1H3,(H,12,14). The predicted octanol–water partition coefficient (Wildman–Crippen LogP) is 1.33. The molecule has 1 heterocycles. The first-order chi connectivity index (χ1) is 6.74. The fourth-order valence-electron chi connectivity index (χ4n) is 0.903. The van der Waals surface area contributed by atoms with Crippen molar-refractivity contribution in [2.45, 2.75) is 13.3 Å². The zero-order chi connectivity index (χ0) is 10.4. The summed E-state index contributed by atoms with van der Waals surface area (Å²) in [4.78, 5) is 15.5. The number of hydrogen-bond acceptors (Lipinski definition) is 3. The zero-order valence-corrected chi connectivity index (χ0v) is 8.80. The molecule has 1 rings (SSSR count). The third kappa shape index (κ3) is 3.22. The van der Waals surface area contributed by atoms with E-state index in [4.69, 9.17) is 12.2 Å². The lowest BCUT2D eigenvalue weighted by Crippen LogP contribution is -2.28. The van der Waals surface area contributed by atoms with Crippen molar-refractivity contribution in [3.05, 3.63) is 30.1 Å². The summed E-state index contributed by atoms with van der Waals surface area (Å²) in [6.07, 6.45) is 3.89. The summed E-state index contributed by atoms with van der Waals surface area (Å²) in [7, 11) is 0. The van der Waals surface area contributed by atoms with E-state index >= 15 is 0 Å². The Bertz CT molecular complexity index is 324. The second kappa shape index (κ2) is 5.44. The van der Waals surface area contributed by atoms with Gasteiger partial charge in [0, 0.05) is 24.4 Å². The van der Waals surface area contributed by atoms with Crippen LogP contribution in [0.1, 0.15) is 18.9 Å². The van der Waals surface area contributed by atoms with E-state index in [0.717, 1.165) is 5.56 Å². The molecule has 0 aromatic carbocycles. The summed E-state index contributed by atoms with van der Waals surface area (Å²) in [5.41, 5.74) is 0.839. The number of ketones is 1. The topological polar surface area (TPSA) is 42.0 Å². The normalized spacial score (nSPS) is 9.50. The maximum atomic E-state index is 11.0. The molecule has 3 nitrogen and oxygen atoms in total. The lowest BCUT2D eigenvalue weighted by molar-refractivity contribution is -0.117. The van der Waals surface area contributed by atoms with Gasteiger partial charge in [0.2, 0.25) is 0 Å². The molecule has 0 fully saturated rings. The van der Waals surface area contributed by atoms with Gasteiger partial charge in [-0.25, -0.2) is 0 Å². The molecule has 0 unspecified atom stereocenters. The largest absolute Gasteiger partial charge is 0.369 e. The van der Waals surface area contributed by atoms with Crippen LogP contribution in [0.4, 0.5) is 0 Å². The Kier molecular flexibility index (Phi) is 4.19. The van der Waals surface area contributed by atoms with Crippen molar-refractivity contribution >= 4 is 23.0 Å². The zero-order valence-electron chi connectivity index (χ0n) is 7.99. The summed E-state index contributed by atoms with van der Waals surface area (Å²) in [6, 6.07) is 3.67. The van der Waals surface area contributed by atoms with Crippen LogP contribution in [0.2, 0.25) is 0 Å². The molecule has 0 aliphatic heterocycles. The fraction of sp³-hybridized carbons (Fsp3) is 0.300. The van der Waals surface area contributed by atoms with Gasteiger partial charge in [-0.05, 0) is 12.1 Å². The molecular formula is C10H12N2OS. The summed E-state index contributed by atoms with van der Waals surface area (Å²) in [5.74, 6) is 0.149. The van der Waals surface area contributed by atoms with E-state index in [1.165, 1.54) is 0 Å². The molecule has 4 heteroatoms. The van der Waals surface area contributed by atoms with Crippen LogP contribution in [0.3, 0.4) is 0 Å². The van der Waals surface area contributed by atoms with Crippen LogP contribution in [-0.2, 0) is 4.79 Å². The second-order valence-electron chi connectivity index (χ2n) is 2.82. The van der Waals surface area contributed by atoms with Gasteiger partial charge in [0.1, 0.15) is 4.99 Å². The van der Waals surface area contributed by atoms with Crippen LogP contribution >= 0.6 is 12.2 Å². The summed E-state index contributed by atoms with van der Waals surface area (Å²) < 4.78 is 0. The SMILES string of the molecule is CCC(=O)CNC(=S)c1cccnc1. The van der Waals surface area contributed by atoms with Crippen LogP contribution < -0.4 is 5.32 Å². The van der Waals surface area contributed by atoms with Gasteiger partial charge < -0.3 is 5.32 Å². The van der Waals surface area contributed by atoms with E-state index in [2.05, 4.69) is 10.3 Å². The highest BCUT2D eigenvalue weighted by Crippen LogP contribution is 1.96. The van der Waals surface area contributed by atoms with Gasteiger partial charge in [0.05, 0.1) is 6.54 Å². The Morgan fingerprint density at radius 3 is 3.00 bits per heavy atom. The Morgan fingerprint density at radius 1 is 1.64 bits per heavy atom. The van der Waals surface area contributed by atoms with Gasteiger partial charge in [-0.15, -0.1) is 0 Å². The highest BCUT2D eigenvalue weighted by atomic mass is 32.1. The minimum Gasteiger partial charge on any atom is -0.369 e. The molecule has 0 bridgehead atoms. The summed E-state index contributed by atoms with van der Waals surface area (Å²) >= 11 is 5.08. The van der Waals surface area contributed by atoms with Gasteiger partial charge in [-0.2, -0.15) is 0 Å². The molecule has 0 radical (unpaired) electrons. The van der Waals surface area contributed by atoms with Gasteiger partial charge in [-0.1, -0.05) is 19.1 Å². The Morgan fingerprint density at radius 2 is 2.43 bits per heavy atom. The number of rotatable bonds is 4. The number of nitrogens with zero attached hydrogens (tertiary/aromatic N) is 1. The van der Waals surface area contributed by atoms with Crippen LogP contribution in [-0.4, -0.2) is 22.3 Å². The number of Topliss-reactive ketones (excluding diaryl/α,β-unsaturated/α-hetero) is 1. The van der Waals surface area contributed by atoms with Crippen molar-refractivity contribution in [1.29, 1.82) is 0 Å². The third-order valence-electron chi connectivity index (χ3n) is 1.76. The number of carbonyl (C=O) groups is 1. The smallest absolute Gasteiger partial charge is 0.151 e. The molecule has 1 aromatic rings. The molecule has 0 atom stereocenters. The lowest BCUT2D eigenvalue weighted by atomic mass is 10.2. The maximum Gasteiger partial charge on any atom is 0.151 e. The second-order valence-corrected chi connectivity index (χ2v) is 3.22. The average Bonchev–Trinajstić information content (AvgIpc) is 2.26. The molecule has 0 amide bonds. The first kappa shape index (κ1) is 10.8. The molecule has 74 valence electrons. The fourth-order valence-corrected chi connectivity index (χ4v) is 1.10. The minimum absolute atomic E-state index is 0.149. The van der Waals surface area contributed by atoms with E-state index in [1.54, 1.807) is 12.4 Å². The minimum atomic E-state index is 0.149. The molecule has 1 N–H and O–H groups in total. The van der Waals surface area contributed by atoms with E-state index < -0.39 is 0 Å². The Balaban J connectivity index is 2.48. The molecule has 0 aliphatic rings. The van der Waals surface area contributed by atoms with E-state index in [9.17, 15) is 4.79 Å². The van der Waals surface area contributed by atoms with Gasteiger partial charge in [-0.3, -0.25) is 9.78 Å². The molecule has 0 saturated carbocycles. The Hall–Kier alpha value is -1.29. The number of carbonyl (C=O) groups excluding carboxylic acids is 1. The number of pyridine rings is 1. The van der Waals surface area contributed by atoms with Crippen LogP contribution in [0.25, 0.3) is 0 Å². The van der Waals surface area contributed by atoms with Crippen LogP contribution in [0, 0.1) is 0 Å². The predicted molar refractivity (Wildman–Crippen MR) is 59.2 cm³/mol. The highest BCUT2D eigenvalue weighted by Gasteiger charge is 2.02. The first-order valence-corrected chi connectivity index (χ1v) is 4.84. The number of aromatic nitrogens is 1. The van der Waals surface area contributed by atoms with E-state index in [0.29, 0.717) is 18.0 Å². The van der Waals surface area contributed by atoms with Gasteiger partial charge in [0.25, 0.3) is 0 Å². The van der Waals surface area contributed by atoms with E-state index in [1.807, 2.05) is 19.1 Å². The number of thiocarbonyl (C=S) groups is 1. The van der Waals surface area contributed by atoms with Gasteiger partial charge in [0.15, 0.2) is 5.78 Å². The van der Waals surface area contributed by atoms with Crippen molar-refractivity contribution in [3.63, 3.8) is 0 Å². The average molecular weight is 208 g/mol. The first-order valence-electron chi connectivity index (χ1n) is 4.44. The summed E-state index contributed by atoms with van der Waals surface area (Å²) in [6.45, 7) is 2.13. The quantitative estimate of drug-likeness (QED) is 0.758. The van der Waals surface area contributed by atoms with Crippen molar-refractivity contribution in [2.75, 3.05) is 6.54 Å². The van der Waals surface area contributed by atoms with Crippen molar-refractivity contribution in [2.24, 2.45) is 0 Å². The molecule has 0 saturated heterocycles. The summed E-state index contributed by atoms with van der Waals surface area (Å²) in [5, 5.41) is 2.89. The Labute approximate surface area is 88.5 Å². The van der Waals surface area contributed by atoms with Crippen LogP contribution in [0.5, 0.6) is 0 Å². The molecule has 14 heavy (non-hydrogen) atoms. The van der Waals surface area contributed by atoms with Crippen molar-refractivity contribution in [3.8, 4) is 0 Å². The van der Waals surface area contributed by atoms with Crippen LogP contribution in [0.15, 0.2) is 24.5 Å². The maximum absolute atomic E-state index is 11.0. The monoisotopic (exact) mass is 208 g/mol. The molecular weight excluding hydrogens is 196 g/mol. The van der Waals surface area contributed by atoms with E-state index in [-0.39, 0.29) is 5.78 Å². The van der Waals surface area contributed by atoms with Crippen molar-refractivity contribution in [1.82, 2.24) is 10.3 Å². The molecule has 0 spiro atoms. The van der Waals surface area contributed by atoms with Gasteiger partial charge >= 0.3 is 0 Å².